The summed E-state index contributed by atoms with van der Waals surface area (Å²) >= 11 is 1.24. The molecule has 1 heterocycles. The molecule has 1 aliphatic heterocycles. The van der Waals surface area contributed by atoms with E-state index in [0.717, 1.165) is 11.3 Å². The van der Waals surface area contributed by atoms with E-state index in [0.29, 0.717) is 21.4 Å². The van der Waals surface area contributed by atoms with Gasteiger partial charge in [-0.1, -0.05) is 23.9 Å². The second-order valence-electron chi connectivity index (χ2n) is 6.66. The van der Waals surface area contributed by atoms with E-state index < -0.39 is 5.97 Å². The Balaban J connectivity index is 1.97. The van der Waals surface area contributed by atoms with Crippen molar-refractivity contribution >= 4 is 40.2 Å². The topological polar surface area (TPSA) is 71.4 Å². The van der Waals surface area contributed by atoms with Crippen molar-refractivity contribution in [2.24, 2.45) is 4.99 Å². The first-order chi connectivity index (χ1) is 14.4. The van der Waals surface area contributed by atoms with Crippen LogP contribution in [0.2, 0.25) is 0 Å². The molecule has 0 saturated carbocycles. The summed E-state index contributed by atoms with van der Waals surface area (Å²) in [5, 5.41) is 11.2. The zero-order valence-electron chi connectivity index (χ0n) is 17.4. The van der Waals surface area contributed by atoms with E-state index in [4.69, 9.17) is 9.47 Å². The van der Waals surface area contributed by atoms with Gasteiger partial charge in [0.05, 0.1) is 24.3 Å². The number of benzene rings is 2. The number of thioether (sulfide) groups is 1. The Morgan fingerprint density at radius 1 is 1.13 bits per heavy atom. The van der Waals surface area contributed by atoms with Crippen molar-refractivity contribution < 1.29 is 19.4 Å². The van der Waals surface area contributed by atoms with Crippen LogP contribution in [-0.4, -0.2) is 43.9 Å². The van der Waals surface area contributed by atoms with E-state index in [1.807, 2.05) is 49.3 Å². The fraction of sp³-hybridized carbons (Fsp3) is 0.217. The fourth-order valence-electron chi connectivity index (χ4n) is 2.79. The lowest BCUT2D eigenvalue weighted by Crippen LogP contribution is -2.12. The van der Waals surface area contributed by atoms with Gasteiger partial charge in [0.1, 0.15) is 22.1 Å². The molecule has 0 unspecified atom stereocenters. The van der Waals surface area contributed by atoms with Crippen LogP contribution in [0.15, 0.2) is 69.8 Å². The number of carbonyl (C=O) groups excluding carboxylic acids is 1. The number of nitrogens with zero attached hydrogens (tertiary/aromatic N) is 2. The molecule has 0 bridgehead atoms. The second kappa shape index (κ2) is 9.54. The maximum atomic E-state index is 12.5. The maximum Gasteiger partial charge on any atom is 0.344 e. The molecule has 7 heteroatoms. The standard InChI is InChI=1S/C23H24N2O4S/c1-5-29-23(27)20-21(26)19(14-15-6-10-17(11-7-15)25(2)3)30-22(20)24-16-8-12-18(28-4)13-9-16/h6-14,26H,5H2,1-4H3/b19-14-,24-22?. The lowest BCUT2D eigenvalue weighted by Gasteiger charge is -2.11. The summed E-state index contributed by atoms with van der Waals surface area (Å²) in [6, 6.07) is 15.0. The minimum Gasteiger partial charge on any atom is -0.506 e. The molecule has 30 heavy (non-hydrogen) atoms. The highest BCUT2D eigenvalue weighted by Crippen LogP contribution is 2.40. The van der Waals surface area contributed by atoms with Gasteiger partial charge in [0.25, 0.3) is 0 Å². The minimum absolute atomic E-state index is 0.0776. The van der Waals surface area contributed by atoms with Gasteiger partial charge < -0.3 is 19.5 Å². The molecule has 2 aromatic carbocycles. The fourth-order valence-corrected chi connectivity index (χ4v) is 3.82. The highest BCUT2D eigenvalue weighted by Gasteiger charge is 2.33. The average molecular weight is 425 g/mol. The Morgan fingerprint density at radius 2 is 1.80 bits per heavy atom. The van der Waals surface area contributed by atoms with Crippen LogP contribution in [0.1, 0.15) is 12.5 Å². The molecule has 1 N–H and O–H groups in total. The molecule has 1 aliphatic rings. The predicted molar refractivity (Wildman–Crippen MR) is 123 cm³/mol. The van der Waals surface area contributed by atoms with E-state index in [9.17, 15) is 9.90 Å². The zero-order chi connectivity index (χ0) is 21.7. The molecule has 2 aromatic rings. The first kappa shape index (κ1) is 21.5. The molecule has 0 amide bonds. The predicted octanol–water partition coefficient (Wildman–Crippen LogP) is 4.95. The van der Waals surface area contributed by atoms with E-state index in [1.165, 1.54) is 11.8 Å². The molecule has 0 aromatic heterocycles. The highest BCUT2D eigenvalue weighted by atomic mass is 32.2. The number of carbonyl (C=O) groups is 1. The number of methoxy groups -OCH3 is 1. The molecule has 156 valence electrons. The zero-order valence-corrected chi connectivity index (χ0v) is 18.2. The van der Waals surface area contributed by atoms with Crippen LogP contribution in [0.4, 0.5) is 11.4 Å². The molecule has 0 saturated heterocycles. The maximum absolute atomic E-state index is 12.5. The van der Waals surface area contributed by atoms with Crippen LogP contribution in [0, 0.1) is 0 Å². The number of aliphatic imine (C=N–C) groups is 1. The summed E-state index contributed by atoms with van der Waals surface area (Å²) in [4.78, 5) is 19.6. The van der Waals surface area contributed by atoms with Crippen molar-refractivity contribution in [2.45, 2.75) is 6.92 Å². The van der Waals surface area contributed by atoms with E-state index in [2.05, 4.69) is 4.99 Å². The van der Waals surface area contributed by atoms with Crippen molar-refractivity contribution in [1.29, 1.82) is 0 Å². The van der Waals surface area contributed by atoms with Gasteiger partial charge in [-0.15, -0.1) is 0 Å². The quantitative estimate of drug-likeness (QED) is 0.662. The van der Waals surface area contributed by atoms with Gasteiger partial charge in [-0.3, -0.25) is 0 Å². The number of hydrogen-bond donors (Lipinski definition) is 1. The SMILES string of the molecule is CCOC(=O)C1=C(O)/C(=C/c2ccc(N(C)C)cc2)SC1=Nc1ccc(OC)cc1. The van der Waals surface area contributed by atoms with Crippen molar-refractivity contribution in [3.8, 4) is 5.75 Å². The van der Waals surface area contributed by atoms with E-state index >= 15 is 0 Å². The third-order valence-corrected chi connectivity index (χ3v) is 5.40. The number of aliphatic hydroxyl groups excluding tert-OH is 1. The first-order valence-corrected chi connectivity index (χ1v) is 10.3. The summed E-state index contributed by atoms with van der Waals surface area (Å²) in [6.07, 6.45) is 1.83. The van der Waals surface area contributed by atoms with Gasteiger partial charge in [-0.05, 0) is 55.0 Å². The van der Waals surface area contributed by atoms with Crippen molar-refractivity contribution in [2.75, 3.05) is 32.7 Å². The third-order valence-electron chi connectivity index (χ3n) is 4.38. The van der Waals surface area contributed by atoms with Gasteiger partial charge in [0.15, 0.2) is 0 Å². The Kier molecular flexibility index (Phi) is 6.84. The van der Waals surface area contributed by atoms with Crippen LogP contribution < -0.4 is 9.64 Å². The first-order valence-electron chi connectivity index (χ1n) is 9.43. The molecule has 0 fully saturated rings. The normalized spacial score (nSPS) is 16.3. The lowest BCUT2D eigenvalue weighted by molar-refractivity contribution is -0.138. The van der Waals surface area contributed by atoms with Crippen molar-refractivity contribution in [3.05, 3.63) is 70.3 Å². The number of rotatable bonds is 6. The van der Waals surface area contributed by atoms with Crippen LogP contribution in [0.3, 0.4) is 0 Å². The number of aliphatic hydroxyl groups is 1. The Labute approximate surface area is 180 Å². The molecule has 6 nitrogen and oxygen atoms in total. The molecule has 0 aliphatic carbocycles. The molecular formula is C23H24N2O4S. The Morgan fingerprint density at radius 3 is 2.37 bits per heavy atom. The van der Waals surface area contributed by atoms with Crippen LogP contribution in [0.5, 0.6) is 5.75 Å². The van der Waals surface area contributed by atoms with Crippen molar-refractivity contribution in [1.82, 2.24) is 0 Å². The number of hydrogen-bond acceptors (Lipinski definition) is 7. The molecule has 0 radical (unpaired) electrons. The third kappa shape index (κ3) is 4.86. The van der Waals surface area contributed by atoms with E-state index in [-0.39, 0.29) is 17.9 Å². The number of ether oxygens (including phenoxy) is 2. The Bertz CT molecular complexity index is 1010. The summed E-state index contributed by atoms with van der Waals surface area (Å²) < 4.78 is 10.3. The second-order valence-corrected chi connectivity index (χ2v) is 7.69. The summed E-state index contributed by atoms with van der Waals surface area (Å²) in [5.41, 5.74) is 2.70. The Hall–Kier alpha value is -3.19. The molecular weight excluding hydrogens is 400 g/mol. The summed E-state index contributed by atoms with van der Waals surface area (Å²) in [6.45, 7) is 1.93. The summed E-state index contributed by atoms with van der Waals surface area (Å²) in [5.74, 6) is -0.00713. The van der Waals surface area contributed by atoms with Gasteiger partial charge in [-0.25, -0.2) is 9.79 Å². The number of anilines is 1. The molecule has 0 spiro atoms. The highest BCUT2D eigenvalue weighted by molar-refractivity contribution is 8.18. The molecule has 3 rings (SSSR count). The smallest absolute Gasteiger partial charge is 0.344 e. The lowest BCUT2D eigenvalue weighted by atomic mass is 10.1. The monoisotopic (exact) mass is 424 g/mol. The number of esters is 1. The summed E-state index contributed by atoms with van der Waals surface area (Å²) in [7, 11) is 5.54. The van der Waals surface area contributed by atoms with Gasteiger partial charge in [0.2, 0.25) is 0 Å². The van der Waals surface area contributed by atoms with Crippen LogP contribution in [0.25, 0.3) is 6.08 Å². The van der Waals surface area contributed by atoms with Crippen LogP contribution in [-0.2, 0) is 9.53 Å². The average Bonchev–Trinajstić information content (AvgIpc) is 3.04. The van der Waals surface area contributed by atoms with Gasteiger partial charge >= 0.3 is 5.97 Å². The van der Waals surface area contributed by atoms with Gasteiger partial charge in [0, 0.05) is 19.8 Å². The van der Waals surface area contributed by atoms with Gasteiger partial charge in [-0.2, -0.15) is 0 Å². The molecule has 0 atom stereocenters. The van der Waals surface area contributed by atoms with E-state index in [1.54, 1.807) is 38.3 Å². The largest absolute Gasteiger partial charge is 0.506 e. The van der Waals surface area contributed by atoms with Crippen LogP contribution >= 0.6 is 11.8 Å². The van der Waals surface area contributed by atoms with Crippen molar-refractivity contribution in [3.63, 3.8) is 0 Å². The minimum atomic E-state index is -0.596.